The SMILES string of the molecule is COc1ccc(S(=O)(=O)N2CCN(C(=O)COC(=O)[C@H]3CC=CCC3)CC2)cc1. The van der Waals surface area contributed by atoms with E-state index < -0.39 is 10.0 Å². The molecule has 29 heavy (non-hydrogen) atoms. The zero-order valence-corrected chi connectivity index (χ0v) is 17.3. The minimum atomic E-state index is -3.63. The molecule has 3 rings (SSSR count). The molecule has 9 heteroatoms. The van der Waals surface area contributed by atoms with Gasteiger partial charge in [-0.2, -0.15) is 4.31 Å². The second-order valence-electron chi connectivity index (χ2n) is 7.05. The standard InChI is InChI=1S/C20H26N2O6S/c1-27-17-7-9-18(10-8-17)29(25,26)22-13-11-21(12-14-22)19(23)15-28-20(24)16-5-3-2-4-6-16/h2-3,7-10,16H,4-6,11-15H2,1H3/t16-/m0/s1. The number of esters is 1. The number of sulfonamides is 1. The second-order valence-corrected chi connectivity index (χ2v) is 8.99. The quantitative estimate of drug-likeness (QED) is 0.509. The van der Waals surface area contributed by atoms with E-state index in [-0.39, 0.29) is 55.5 Å². The van der Waals surface area contributed by atoms with Crippen molar-refractivity contribution in [2.45, 2.75) is 24.2 Å². The molecule has 1 saturated heterocycles. The van der Waals surface area contributed by atoms with Crippen LogP contribution in [0.5, 0.6) is 5.75 Å². The summed E-state index contributed by atoms with van der Waals surface area (Å²) >= 11 is 0. The first-order valence-corrected chi connectivity index (χ1v) is 11.1. The summed E-state index contributed by atoms with van der Waals surface area (Å²) in [5.74, 6) is -0.243. The largest absolute Gasteiger partial charge is 0.497 e. The molecule has 8 nitrogen and oxygen atoms in total. The Bertz CT molecular complexity index is 857. The van der Waals surface area contributed by atoms with E-state index in [2.05, 4.69) is 0 Å². The van der Waals surface area contributed by atoms with Crippen molar-refractivity contribution < 1.29 is 27.5 Å². The molecule has 0 bridgehead atoms. The lowest BCUT2D eigenvalue weighted by Gasteiger charge is -2.34. The molecule has 0 radical (unpaired) electrons. The summed E-state index contributed by atoms with van der Waals surface area (Å²) in [6.45, 7) is 0.614. The van der Waals surface area contributed by atoms with E-state index in [0.717, 1.165) is 12.8 Å². The van der Waals surface area contributed by atoms with Gasteiger partial charge in [0.15, 0.2) is 6.61 Å². The molecule has 0 spiro atoms. The van der Waals surface area contributed by atoms with Crippen LogP contribution in [0.2, 0.25) is 0 Å². The number of carbonyl (C=O) groups excluding carboxylic acids is 2. The lowest BCUT2D eigenvalue weighted by Crippen LogP contribution is -2.51. The minimum absolute atomic E-state index is 0.181. The summed E-state index contributed by atoms with van der Waals surface area (Å²) < 4.78 is 37.1. The van der Waals surface area contributed by atoms with Gasteiger partial charge in [0.1, 0.15) is 5.75 Å². The first-order chi connectivity index (χ1) is 13.9. The Kier molecular flexibility index (Phi) is 6.92. The van der Waals surface area contributed by atoms with Crippen LogP contribution < -0.4 is 4.74 Å². The summed E-state index contributed by atoms with van der Waals surface area (Å²) in [6.07, 6.45) is 6.23. The van der Waals surface area contributed by atoms with Gasteiger partial charge in [-0.25, -0.2) is 8.42 Å². The molecule has 2 aliphatic rings. The fraction of sp³-hybridized carbons (Fsp3) is 0.500. The third kappa shape index (κ3) is 5.16. The average molecular weight is 423 g/mol. The Labute approximate surface area is 171 Å². The van der Waals surface area contributed by atoms with E-state index in [0.29, 0.717) is 12.2 Å². The van der Waals surface area contributed by atoms with Crippen LogP contribution in [0.4, 0.5) is 0 Å². The summed E-state index contributed by atoms with van der Waals surface area (Å²) in [5.41, 5.74) is 0. The van der Waals surface area contributed by atoms with E-state index in [9.17, 15) is 18.0 Å². The molecule has 1 heterocycles. The van der Waals surface area contributed by atoms with Crippen molar-refractivity contribution in [2.24, 2.45) is 5.92 Å². The zero-order chi connectivity index (χ0) is 20.9. The molecule has 1 aliphatic heterocycles. The van der Waals surface area contributed by atoms with E-state index in [1.165, 1.54) is 28.4 Å². The molecule has 1 fully saturated rings. The van der Waals surface area contributed by atoms with Crippen LogP contribution in [0.15, 0.2) is 41.3 Å². The first-order valence-electron chi connectivity index (χ1n) is 9.65. The lowest BCUT2D eigenvalue weighted by atomic mass is 9.95. The molecule has 158 valence electrons. The number of benzene rings is 1. The number of amides is 1. The molecule has 1 amide bonds. The number of carbonyl (C=O) groups is 2. The number of methoxy groups -OCH3 is 1. The van der Waals surface area contributed by atoms with Crippen molar-refractivity contribution in [3.05, 3.63) is 36.4 Å². The van der Waals surface area contributed by atoms with Crippen LogP contribution in [-0.2, 0) is 24.3 Å². The number of ether oxygens (including phenoxy) is 2. The Morgan fingerprint density at radius 3 is 2.34 bits per heavy atom. The van der Waals surface area contributed by atoms with Gasteiger partial charge >= 0.3 is 5.97 Å². The molecule has 1 atom stereocenters. The summed E-state index contributed by atoms with van der Waals surface area (Å²) in [6, 6.07) is 6.21. The number of hydrogen-bond donors (Lipinski definition) is 0. The van der Waals surface area contributed by atoms with Crippen LogP contribution in [0.1, 0.15) is 19.3 Å². The van der Waals surface area contributed by atoms with E-state index in [1.54, 1.807) is 12.1 Å². The van der Waals surface area contributed by atoms with Crippen LogP contribution in [-0.4, -0.2) is 69.4 Å². The van der Waals surface area contributed by atoms with Crippen LogP contribution in [0.25, 0.3) is 0 Å². The molecule has 0 unspecified atom stereocenters. The number of rotatable bonds is 6. The Morgan fingerprint density at radius 1 is 1.07 bits per heavy atom. The van der Waals surface area contributed by atoms with Gasteiger partial charge in [0.05, 0.1) is 17.9 Å². The predicted octanol–water partition coefficient (Wildman–Crippen LogP) is 1.43. The van der Waals surface area contributed by atoms with Crippen LogP contribution >= 0.6 is 0 Å². The van der Waals surface area contributed by atoms with Gasteiger partial charge in [-0.05, 0) is 43.5 Å². The van der Waals surface area contributed by atoms with Gasteiger partial charge in [0.25, 0.3) is 5.91 Å². The van der Waals surface area contributed by atoms with Crippen molar-refractivity contribution in [1.82, 2.24) is 9.21 Å². The van der Waals surface area contributed by atoms with E-state index in [4.69, 9.17) is 9.47 Å². The second kappa shape index (κ2) is 9.41. The summed E-state index contributed by atoms with van der Waals surface area (Å²) in [7, 11) is -2.11. The number of nitrogens with zero attached hydrogens (tertiary/aromatic N) is 2. The fourth-order valence-electron chi connectivity index (χ4n) is 3.42. The lowest BCUT2D eigenvalue weighted by molar-refractivity contribution is -0.156. The fourth-order valence-corrected chi connectivity index (χ4v) is 4.85. The van der Waals surface area contributed by atoms with Gasteiger partial charge in [0.2, 0.25) is 10.0 Å². The van der Waals surface area contributed by atoms with Crippen LogP contribution in [0.3, 0.4) is 0 Å². The van der Waals surface area contributed by atoms with Gasteiger partial charge in [0, 0.05) is 26.2 Å². The van der Waals surface area contributed by atoms with Gasteiger partial charge in [-0.1, -0.05) is 12.2 Å². The smallest absolute Gasteiger partial charge is 0.309 e. The summed E-state index contributed by atoms with van der Waals surface area (Å²) in [5, 5.41) is 0. The van der Waals surface area contributed by atoms with E-state index in [1.807, 2.05) is 12.2 Å². The number of allylic oxidation sites excluding steroid dienone is 2. The molecular formula is C20H26N2O6S. The number of hydrogen-bond acceptors (Lipinski definition) is 6. The highest BCUT2D eigenvalue weighted by Crippen LogP contribution is 2.21. The Hall–Kier alpha value is -2.39. The number of piperazine rings is 1. The molecule has 1 aliphatic carbocycles. The predicted molar refractivity (Wildman–Crippen MR) is 106 cm³/mol. The average Bonchev–Trinajstić information content (AvgIpc) is 2.78. The maximum atomic E-state index is 12.8. The molecule has 0 N–H and O–H groups in total. The van der Waals surface area contributed by atoms with Crippen molar-refractivity contribution in [3.63, 3.8) is 0 Å². The van der Waals surface area contributed by atoms with Crippen molar-refractivity contribution >= 4 is 21.9 Å². The third-order valence-corrected chi connectivity index (χ3v) is 7.14. The Morgan fingerprint density at radius 2 is 1.76 bits per heavy atom. The first kappa shape index (κ1) is 21.3. The van der Waals surface area contributed by atoms with Crippen molar-refractivity contribution in [1.29, 1.82) is 0 Å². The molecular weight excluding hydrogens is 396 g/mol. The maximum Gasteiger partial charge on any atom is 0.309 e. The summed E-state index contributed by atoms with van der Waals surface area (Å²) in [4.78, 5) is 26.1. The molecule has 0 saturated carbocycles. The van der Waals surface area contributed by atoms with Gasteiger partial charge in [-0.15, -0.1) is 0 Å². The van der Waals surface area contributed by atoms with Crippen LogP contribution in [0, 0.1) is 5.92 Å². The monoisotopic (exact) mass is 422 g/mol. The minimum Gasteiger partial charge on any atom is -0.497 e. The highest BCUT2D eigenvalue weighted by Gasteiger charge is 2.30. The van der Waals surface area contributed by atoms with E-state index >= 15 is 0 Å². The molecule has 0 aromatic heterocycles. The highest BCUT2D eigenvalue weighted by atomic mass is 32.2. The normalized spacial score (nSPS) is 20.3. The van der Waals surface area contributed by atoms with Crippen molar-refractivity contribution in [2.75, 3.05) is 39.9 Å². The van der Waals surface area contributed by atoms with Gasteiger partial charge in [-0.3, -0.25) is 9.59 Å². The third-order valence-electron chi connectivity index (χ3n) is 5.23. The van der Waals surface area contributed by atoms with Gasteiger partial charge < -0.3 is 14.4 Å². The molecule has 1 aromatic rings. The zero-order valence-electron chi connectivity index (χ0n) is 16.5. The van der Waals surface area contributed by atoms with Crippen molar-refractivity contribution in [3.8, 4) is 5.75 Å². The maximum absolute atomic E-state index is 12.8. The topological polar surface area (TPSA) is 93.2 Å². The highest BCUT2D eigenvalue weighted by molar-refractivity contribution is 7.89. The molecule has 1 aromatic carbocycles. The Balaban J connectivity index is 1.49.